The van der Waals surface area contributed by atoms with Crippen molar-refractivity contribution in [3.8, 4) is 5.75 Å². The number of esters is 1. The molecule has 4 aliphatic carbocycles. The number of unbranched alkanes of at least 4 members (excludes halogenated alkanes) is 1. The lowest BCUT2D eigenvalue weighted by molar-refractivity contribution is -0.757. The molecule has 6 rings (SSSR count). The average Bonchev–Trinajstić information content (AvgIpc) is 3.55. The topological polar surface area (TPSA) is 216 Å². The Labute approximate surface area is 332 Å². The largest absolute Gasteiger partial charge is 0.514 e. The number of benzene rings is 1. The first-order valence-corrected chi connectivity index (χ1v) is 19.2. The number of ketones is 2. The smallest absolute Gasteiger partial charge is 0.464 e. The predicted octanol–water partition coefficient (Wildman–Crippen LogP) is 4.52. The van der Waals surface area contributed by atoms with Gasteiger partial charge in [0.2, 0.25) is 11.7 Å². The van der Waals surface area contributed by atoms with Gasteiger partial charge in [0.1, 0.15) is 17.6 Å². The zero-order valence-corrected chi connectivity index (χ0v) is 32.9. The lowest BCUT2D eigenvalue weighted by Crippen LogP contribution is -2.70. The maximum atomic E-state index is 17.7. The molecular weight excluding hydrogens is 770 g/mol. The Kier molecular flexibility index (Phi) is 11.6. The van der Waals surface area contributed by atoms with E-state index in [9.17, 15) is 39.2 Å². The minimum atomic E-state index is -2.37. The van der Waals surface area contributed by atoms with Crippen molar-refractivity contribution in [1.29, 1.82) is 0 Å². The van der Waals surface area contributed by atoms with E-state index in [4.69, 9.17) is 23.7 Å². The molecule has 2 unspecified atom stereocenters. The molecule has 0 spiro atoms. The third-order valence-corrected chi connectivity index (χ3v) is 12.6. The van der Waals surface area contributed by atoms with Crippen molar-refractivity contribution in [3.05, 3.63) is 63.5 Å². The molecule has 1 aromatic carbocycles. The Morgan fingerprint density at radius 3 is 2.43 bits per heavy atom. The molecule has 3 fully saturated rings. The number of rotatable bonds is 14. The van der Waals surface area contributed by atoms with Gasteiger partial charge < -0.3 is 38.9 Å². The average molecular weight is 819 g/mol. The lowest BCUT2D eigenvalue weighted by Gasteiger charge is -2.62. The van der Waals surface area contributed by atoms with Crippen molar-refractivity contribution in [1.82, 2.24) is 5.32 Å². The van der Waals surface area contributed by atoms with Crippen molar-refractivity contribution < 1.29 is 71.5 Å². The molecular formula is C40H48F2N2O14. The van der Waals surface area contributed by atoms with Crippen LogP contribution in [0.2, 0.25) is 0 Å². The van der Waals surface area contributed by atoms with Gasteiger partial charge in [0.05, 0.1) is 25.4 Å². The van der Waals surface area contributed by atoms with Gasteiger partial charge in [0.25, 0.3) is 5.09 Å². The van der Waals surface area contributed by atoms with Crippen LogP contribution in [-0.4, -0.2) is 94.9 Å². The van der Waals surface area contributed by atoms with Crippen LogP contribution in [0.5, 0.6) is 5.75 Å². The first-order chi connectivity index (χ1) is 27.2. The van der Waals surface area contributed by atoms with Crippen LogP contribution in [0.3, 0.4) is 0 Å². The minimum Gasteiger partial charge on any atom is -0.464 e. The second kappa shape index (κ2) is 15.7. The minimum absolute atomic E-state index is 0.0162. The van der Waals surface area contributed by atoms with Crippen LogP contribution >= 0.6 is 0 Å². The molecule has 16 nitrogen and oxygen atoms in total. The van der Waals surface area contributed by atoms with Crippen LogP contribution in [0.25, 0.3) is 0 Å². The number of hydrogen-bond donors (Lipinski definition) is 2. The Balaban J connectivity index is 1.11. The van der Waals surface area contributed by atoms with E-state index in [0.717, 1.165) is 0 Å². The van der Waals surface area contributed by atoms with Crippen molar-refractivity contribution in [3.63, 3.8) is 0 Å². The quantitative estimate of drug-likeness (QED) is 0.0868. The van der Waals surface area contributed by atoms with E-state index in [1.807, 2.05) is 0 Å². The van der Waals surface area contributed by atoms with Gasteiger partial charge in [-0.05, 0) is 81.7 Å². The maximum Gasteiger partial charge on any atom is 0.514 e. The number of fused-ring (bicyclic) bond motifs is 7. The fraction of sp³-hybridized carbons (Fsp3) is 0.625. The third-order valence-electron chi connectivity index (χ3n) is 12.6. The summed E-state index contributed by atoms with van der Waals surface area (Å²) in [5.74, 6) is -5.98. The van der Waals surface area contributed by atoms with Crippen LogP contribution in [-0.2, 0) is 49.4 Å². The zero-order valence-electron chi connectivity index (χ0n) is 32.9. The zero-order chi connectivity index (χ0) is 42.4. The second-order valence-corrected chi connectivity index (χ2v) is 16.6. The van der Waals surface area contributed by atoms with Gasteiger partial charge in [-0.15, -0.1) is 10.1 Å². The van der Waals surface area contributed by atoms with E-state index in [0.29, 0.717) is 12.0 Å². The van der Waals surface area contributed by atoms with Gasteiger partial charge in [-0.2, -0.15) is 0 Å². The summed E-state index contributed by atoms with van der Waals surface area (Å²) in [5.41, 5.74) is -6.52. The number of ether oxygens (including phenoxy) is 5. The van der Waals surface area contributed by atoms with Gasteiger partial charge in [-0.3, -0.25) is 14.4 Å². The van der Waals surface area contributed by atoms with E-state index in [2.05, 4.69) is 10.2 Å². The maximum absolute atomic E-state index is 17.7. The number of carbonyl (C=O) groups is 5. The van der Waals surface area contributed by atoms with Gasteiger partial charge in [0.15, 0.2) is 29.4 Å². The van der Waals surface area contributed by atoms with Gasteiger partial charge in [-0.1, -0.05) is 25.1 Å². The number of nitrogens with one attached hydrogen (secondary N) is 1. The number of nitrogens with zero attached hydrogens (tertiary/aromatic N) is 1. The number of aliphatic hydroxyl groups is 1. The molecule has 316 valence electrons. The van der Waals surface area contributed by atoms with E-state index >= 15 is 8.78 Å². The molecule has 58 heavy (non-hydrogen) atoms. The normalized spacial score (nSPS) is 33.5. The molecule has 5 aliphatic rings. The summed E-state index contributed by atoms with van der Waals surface area (Å²) in [7, 11) is 0. The van der Waals surface area contributed by atoms with Crippen LogP contribution in [0.15, 0.2) is 47.8 Å². The highest BCUT2D eigenvalue weighted by Gasteiger charge is 2.80. The number of allylic oxidation sites excluding steroid dienone is 4. The Morgan fingerprint density at radius 1 is 1.07 bits per heavy atom. The molecule has 9 atom stereocenters. The van der Waals surface area contributed by atoms with E-state index in [1.165, 1.54) is 50.3 Å². The summed E-state index contributed by atoms with van der Waals surface area (Å²) in [5, 5.41) is 23.6. The molecule has 1 heterocycles. The van der Waals surface area contributed by atoms with Crippen molar-refractivity contribution in [2.45, 2.75) is 115 Å². The number of carbonyl (C=O) groups excluding carboxylic acids is 5. The van der Waals surface area contributed by atoms with E-state index in [-0.39, 0.29) is 68.8 Å². The Bertz CT molecular complexity index is 1920. The van der Waals surface area contributed by atoms with Crippen molar-refractivity contribution >= 4 is 29.6 Å². The molecule has 18 heteroatoms. The van der Waals surface area contributed by atoms with Crippen LogP contribution in [0.1, 0.15) is 78.7 Å². The predicted molar refractivity (Wildman–Crippen MR) is 194 cm³/mol. The molecule has 1 aliphatic heterocycles. The van der Waals surface area contributed by atoms with Crippen LogP contribution in [0.4, 0.5) is 13.6 Å². The number of Topliss-reactive ketones (excluding diaryl/α,β-unsaturated/α-hetero) is 1. The molecule has 1 saturated heterocycles. The van der Waals surface area contributed by atoms with Gasteiger partial charge in [0, 0.05) is 42.9 Å². The molecule has 0 aromatic heterocycles. The SMILES string of the molecule is CC(=O)N[C@@H](Cc1ccc(OC(=O)OCC(=O)[C@@]23OC(C)(C)O[C@@H]2CC2C4CC(F)=C5CC(=O)C=C[C@]5(C)[C@@]4(F)[C@@H](O)C[C@@]23C)cc1)C(=O)OCCCCO[N+](=O)[O-]. The standard InChI is InChI=1S/C40H48F2N2O14/c1-22(45)43-30(34(49)53-14-6-7-15-55-44(51)52)16-23-8-10-25(11-9-23)56-35(50)54-21-32(48)40-33(57-36(2,3)58-40)19-26-27-18-29(41)28-17-24(46)12-13-37(28,4)39(27,42)31(47)20-38(26,40)5/h8-13,26-27,30-31,33,47H,6-7,14-21H2,1-5H3,(H,43,45)/t26?,27?,30-,31-,33+,37-,38-,39-,40+/m0/s1. The summed E-state index contributed by atoms with van der Waals surface area (Å²) < 4.78 is 62.0. The number of alkyl halides is 1. The Morgan fingerprint density at radius 2 is 1.76 bits per heavy atom. The second-order valence-electron chi connectivity index (χ2n) is 16.6. The summed E-state index contributed by atoms with van der Waals surface area (Å²) >= 11 is 0. The summed E-state index contributed by atoms with van der Waals surface area (Å²) in [6, 6.07) is 4.83. The monoisotopic (exact) mass is 818 g/mol. The molecule has 0 bridgehead atoms. The summed E-state index contributed by atoms with van der Waals surface area (Å²) in [6.07, 6.45) is -1.57. The summed E-state index contributed by atoms with van der Waals surface area (Å²) in [4.78, 5) is 78.4. The summed E-state index contributed by atoms with van der Waals surface area (Å²) in [6.45, 7) is 6.61. The van der Waals surface area contributed by atoms with Crippen molar-refractivity contribution in [2.75, 3.05) is 19.8 Å². The molecule has 2 saturated carbocycles. The lowest BCUT2D eigenvalue weighted by atomic mass is 9.45. The first kappa shape index (κ1) is 42.8. The molecule has 0 radical (unpaired) electrons. The highest BCUT2D eigenvalue weighted by atomic mass is 19.1. The number of aliphatic hydroxyl groups excluding tert-OH is 1. The third kappa shape index (κ3) is 7.49. The fourth-order valence-electron chi connectivity index (χ4n) is 10.1. The molecule has 1 aromatic rings. The highest BCUT2D eigenvalue weighted by Crippen LogP contribution is 2.72. The molecule has 1 amide bonds. The molecule has 2 N–H and O–H groups in total. The number of amides is 1. The van der Waals surface area contributed by atoms with E-state index < -0.39 is 99.3 Å². The first-order valence-electron chi connectivity index (χ1n) is 19.2. The van der Waals surface area contributed by atoms with Gasteiger partial charge in [-0.25, -0.2) is 18.4 Å². The van der Waals surface area contributed by atoms with E-state index in [1.54, 1.807) is 20.8 Å². The van der Waals surface area contributed by atoms with Crippen LogP contribution < -0.4 is 10.1 Å². The number of hydrogen-bond acceptors (Lipinski definition) is 14. The highest BCUT2D eigenvalue weighted by molar-refractivity contribution is 5.94. The number of halogens is 2. The Hall–Kier alpha value is -4.81. The fourth-order valence-corrected chi connectivity index (χ4v) is 10.1. The van der Waals surface area contributed by atoms with Gasteiger partial charge >= 0.3 is 12.1 Å². The van der Waals surface area contributed by atoms with Crippen LogP contribution in [0, 0.1) is 32.8 Å². The van der Waals surface area contributed by atoms with Crippen molar-refractivity contribution in [2.24, 2.45) is 22.7 Å².